The molecule has 2 amide bonds. The van der Waals surface area contributed by atoms with Gasteiger partial charge in [-0.05, 0) is 56.2 Å². The van der Waals surface area contributed by atoms with Crippen LogP contribution >= 0.6 is 0 Å². The van der Waals surface area contributed by atoms with E-state index in [0.29, 0.717) is 17.9 Å². The number of hydrogen-bond donors (Lipinski definition) is 1. The first kappa shape index (κ1) is 17.2. The zero-order chi connectivity index (χ0) is 17.8. The Labute approximate surface area is 145 Å². The maximum atomic E-state index is 13.2. The molecule has 1 aromatic carbocycles. The van der Waals surface area contributed by atoms with E-state index in [1.54, 1.807) is 17.0 Å². The predicted molar refractivity (Wildman–Crippen MR) is 91.4 cm³/mol. The van der Waals surface area contributed by atoms with Gasteiger partial charge in [-0.2, -0.15) is 0 Å². The first-order chi connectivity index (χ1) is 12.0. The van der Waals surface area contributed by atoms with Crippen molar-refractivity contribution in [2.45, 2.75) is 45.2 Å². The van der Waals surface area contributed by atoms with Crippen molar-refractivity contribution >= 4 is 17.5 Å². The largest absolute Gasteiger partial charge is 0.464 e. The van der Waals surface area contributed by atoms with Crippen LogP contribution in [-0.2, 0) is 16.1 Å². The highest BCUT2D eigenvalue weighted by atomic mass is 19.1. The molecule has 3 rings (SSSR count). The van der Waals surface area contributed by atoms with Crippen molar-refractivity contribution in [2.24, 2.45) is 0 Å². The number of nitrogens with zero attached hydrogens (tertiary/aromatic N) is 1. The summed E-state index contributed by atoms with van der Waals surface area (Å²) in [4.78, 5) is 26.0. The number of amides is 2. The van der Waals surface area contributed by atoms with Crippen LogP contribution in [0.3, 0.4) is 0 Å². The summed E-state index contributed by atoms with van der Waals surface area (Å²) in [6.07, 6.45) is 2.30. The molecule has 1 aliphatic rings. The molecular formula is C19H21FN2O3. The monoisotopic (exact) mass is 344 g/mol. The van der Waals surface area contributed by atoms with Crippen molar-refractivity contribution < 1.29 is 18.4 Å². The predicted octanol–water partition coefficient (Wildman–Crippen LogP) is 3.32. The highest BCUT2D eigenvalue weighted by Gasteiger charge is 2.25. The molecule has 132 valence electrons. The number of piperidine rings is 1. The second-order valence-electron chi connectivity index (χ2n) is 6.33. The quantitative estimate of drug-likeness (QED) is 0.905. The Bertz CT molecular complexity index is 754. The zero-order valence-corrected chi connectivity index (χ0v) is 14.1. The summed E-state index contributed by atoms with van der Waals surface area (Å²) in [5.41, 5.74) is 0.600. The summed E-state index contributed by atoms with van der Waals surface area (Å²) in [6, 6.07) is 9.29. The molecular weight excluding hydrogens is 323 g/mol. The Kier molecular flexibility index (Phi) is 5.16. The van der Waals surface area contributed by atoms with Crippen LogP contribution in [0.15, 0.2) is 40.8 Å². The van der Waals surface area contributed by atoms with Crippen LogP contribution in [0, 0.1) is 12.7 Å². The fraction of sp³-hybridized carbons (Fsp3) is 0.368. The average Bonchev–Trinajstić information content (AvgIpc) is 2.99. The van der Waals surface area contributed by atoms with Crippen LogP contribution in [0.4, 0.5) is 10.1 Å². The first-order valence-corrected chi connectivity index (χ1v) is 8.42. The molecule has 6 heteroatoms. The third kappa shape index (κ3) is 4.47. The van der Waals surface area contributed by atoms with Crippen molar-refractivity contribution in [2.75, 3.05) is 4.90 Å². The standard InChI is InChI=1S/C19H21FN2O3/c1-13-5-10-17(25-13)12-22(16-8-6-14(20)7-9-16)19(24)11-15-3-2-4-18(23)21-15/h5-10,15H,2-4,11-12H2,1H3,(H,21,23). The van der Waals surface area contributed by atoms with Crippen LogP contribution < -0.4 is 10.2 Å². The molecule has 1 aliphatic heterocycles. The molecule has 1 fully saturated rings. The van der Waals surface area contributed by atoms with Crippen LogP contribution in [-0.4, -0.2) is 17.9 Å². The summed E-state index contributed by atoms with van der Waals surface area (Å²) in [7, 11) is 0. The van der Waals surface area contributed by atoms with Crippen LogP contribution in [0.1, 0.15) is 37.2 Å². The van der Waals surface area contributed by atoms with Gasteiger partial charge < -0.3 is 14.6 Å². The molecule has 1 unspecified atom stereocenters. The molecule has 25 heavy (non-hydrogen) atoms. The van der Waals surface area contributed by atoms with Crippen molar-refractivity contribution in [1.29, 1.82) is 0 Å². The van der Waals surface area contributed by atoms with Gasteiger partial charge in [-0.1, -0.05) is 0 Å². The number of anilines is 1. The number of halogens is 1. The minimum Gasteiger partial charge on any atom is -0.464 e. The summed E-state index contributed by atoms with van der Waals surface area (Å²) >= 11 is 0. The van der Waals surface area contributed by atoms with Gasteiger partial charge in [-0.3, -0.25) is 9.59 Å². The van der Waals surface area contributed by atoms with Gasteiger partial charge in [0.05, 0.1) is 6.54 Å². The van der Waals surface area contributed by atoms with Crippen molar-refractivity contribution in [3.63, 3.8) is 0 Å². The number of carbonyl (C=O) groups is 2. The van der Waals surface area contributed by atoms with Crippen molar-refractivity contribution in [3.05, 3.63) is 53.7 Å². The number of nitrogens with one attached hydrogen (secondary N) is 1. The minimum atomic E-state index is -0.357. The Hall–Kier alpha value is -2.63. The molecule has 0 bridgehead atoms. The topological polar surface area (TPSA) is 62.6 Å². The number of aryl methyl sites for hydroxylation is 1. The van der Waals surface area contributed by atoms with E-state index in [9.17, 15) is 14.0 Å². The fourth-order valence-corrected chi connectivity index (χ4v) is 3.03. The van der Waals surface area contributed by atoms with Gasteiger partial charge in [0.15, 0.2) is 0 Å². The van der Waals surface area contributed by atoms with Crippen LogP contribution in [0.25, 0.3) is 0 Å². The van der Waals surface area contributed by atoms with Gasteiger partial charge >= 0.3 is 0 Å². The number of furan rings is 1. The molecule has 0 saturated carbocycles. The summed E-state index contributed by atoms with van der Waals surface area (Å²) in [5.74, 6) is 0.917. The van der Waals surface area contributed by atoms with E-state index in [4.69, 9.17) is 4.42 Å². The van der Waals surface area contributed by atoms with E-state index < -0.39 is 0 Å². The highest BCUT2D eigenvalue weighted by Crippen LogP contribution is 2.22. The Morgan fingerprint density at radius 1 is 1.28 bits per heavy atom. The van der Waals surface area contributed by atoms with Crippen molar-refractivity contribution in [1.82, 2.24) is 5.32 Å². The average molecular weight is 344 g/mol. The molecule has 2 aromatic rings. The maximum Gasteiger partial charge on any atom is 0.229 e. The first-order valence-electron chi connectivity index (χ1n) is 8.42. The number of rotatable bonds is 5. The summed E-state index contributed by atoms with van der Waals surface area (Å²) in [5, 5.41) is 2.86. The highest BCUT2D eigenvalue weighted by molar-refractivity contribution is 5.94. The van der Waals surface area contributed by atoms with Crippen LogP contribution in [0.5, 0.6) is 0 Å². The fourth-order valence-electron chi connectivity index (χ4n) is 3.03. The third-order valence-electron chi connectivity index (χ3n) is 4.29. The minimum absolute atomic E-state index is 0.0148. The van der Waals surface area contributed by atoms with E-state index in [1.807, 2.05) is 19.1 Å². The lowest BCUT2D eigenvalue weighted by Crippen LogP contribution is -2.43. The van der Waals surface area contributed by atoms with Gasteiger partial charge in [0, 0.05) is 24.6 Å². The number of benzene rings is 1. The molecule has 1 saturated heterocycles. The lowest BCUT2D eigenvalue weighted by atomic mass is 10.0. The van der Waals surface area contributed by atoms with Gasteiger partial charge in [-0.15, -0.1) is 0 Å². The molecule has 0 radical (unpaired) electrons. The van der Waals surface area contributed by atoms with Gasteiger partial charge in [0.1, 0.15) is 17.3 Å². The number of carbonyl (C=O) groups excluding carboxylic acids is 2. The molecule has 1 N–H and O–H groups in total. The lowest BCUT2D eigenvalue weighted by molar-refractivity contribution is -0.124. The van der Waals surface area contributed by atoms with Crippen LogP contribution in [0.2, 0.25) is 0 Å². The molecule has 0 spiro atoms. The second-order valence-corrected chi connectivity index (χ2v) is 6.33. The van der Waals surface area contributed by atoms with Gasteiger partial charge in [-0.25, -0.2) is 4.39 Å². The Morgan fingerprint density at radius 2 is 2.04 bits per heavy atom. The normalized spacial score (nSPS) is 17.2. The molecule has 1 atom stereocenters. The smallest absolute Gasteiger partial charge is 0.229 e. The molecule has 2 heterocycles. The van der Waals surface area contributed by atoms with E-state index >= 15 is 0 Å². The zero-order valence-electron chi connectivity index (χ0n) is 14.1. The van der Waals surface area contributed by atoms with E-state index in [2.05, 4.69) is 5.32 Å². The van der Waals surface area contributed by atoms with E-state index in [0.717, 1.165) is 18.6 Å². The van der Waals surface area contributed by atoms with Gasteiger partial charge in [0.25, 0.3) is 0 Å². The Morgan fingerprint density at radius 3 is 2.68 bits per heavy atom. The van der Waals surface area contributed by atoms with Crippen molar-refractivity contribution in [3.8, 4) is 0 Å². The third-order valence-corrected chi connectivity index (χ3v) is 4.29. The molecule has 5 nitrogen and oxygen atoms in total. The Balaban J connectivity index is 1.78. The second kappa shape index (κ2) is 7.51. The molecule has 0 aliphatic carbocycles. The lowest BCUT2D eigenvalue weighted by Gasteiger charge is -2.27. The van der Waals surface area contributed by atoms with E-state index in [1.165, 1.54) is 12.1 Å². The summed E-state index contributed by atoms with van der Waals surface area (Å²) < 4.78 is 18.8. The SMILES string of the molecule is Cc1ccc(CN(C(=O)CC2CCCC(=O)N2)c2ccc(F)cc2)o1. The van der Waals surface area contributed by atoms with E-state index in [-0.39, 0.29) is 36.6 Å². The maximum absolute atomic E-state index is 13.2. The summed E-state index contributed by atoms with van der Waals surface area (Å²) in [6.45, 7) is 2.10. The number of hydrogen-bond acceptors (Lipinski definition) is 3. The van der Waals surface area contributed by atoms with Gasteiger partial charge in [0.2, 0.25) is 11.8 Å². The molecule has 1 aromatic heterocycles.